The highest BCUT2D eigenvalue weighted by molar-refractivity contribution is 5.43. The SMILES string of the molecule is C=CCNc1nc(C)cn1-c1ccccc1. The molecule has 16 heavy (non-hydrogen) atoms. The van der Waals surface area contributed by atoms with E-state index in [-0.39, 0.29) is 0 Å². The summed E-state index contributed by atoms with van der Waals surface area (Å²) >= 11 is 0. The van der Waals surface area contributed by atoms with Gasteiger partial charge >= 0.3 is 0 Å². The van der Waals surface area contributed by atoms with Crippen molar-refractivity contribution in [2.45, 2.75) is 6.92 Å². The van der Waals surface area contributed by atoms with Gasteiger partial charge in [0.25, 0.3) is 0 Å². The number of para-hydroxylation sites is 1. The maximum atomic E-state index is 4.43. The van der Waals surface area contributed by atoms with E-state index < -0.39 is 0 Å². The van der Waals surface area contributed by atoms with Crippen LogP contribution in [0.5, 0.6) is 0 Å². The van der Waals surface area contributed by atoms with Gasteiger partial charge in [0.1, 0.15) is 0 Å². The predicted molar refractivity (Wildman–Crippen MR) is 67.0 cm³/mol. The Bertz CT molecular complexity index is 471. The minimum Gasteiger partial charge on any atom is -0.352 e. The Morgan fingerprint density at radius 3 is 2.81 bits per heavy atom. The molecule has 0 aliphatic carbocycles. The van der Waals surface area contributed by atoms with E-state index in [9.17, 15) is 0 Å². The van der Waals surface area contributed by atoms with Gasteiger partial charge in [-0.15, -0.1) is 6.58 Å². The maximum absolute atomic E-state index is 4.43. The summed E-state index contributed by atoms with van der Waals surface area (Å²) in [6, 6.07) is 10.1. The lowest BCUT2D eigenvalue weighted by atomic mass is 10.3. The van der Waals surface area contributed by atoms with Crippen molar-refractivity contribution in [2.75, 3.05) is 11.9 Å². The first-order valence-electron chi connectivity index (χ1n) is 5.27. The predicted octanol–water partition coefficient (Wildman–Crippen LogP) is 2.78. The molecule has 0 fully saturated rings. The zero-order chi connectivity index (χ0) is 11.4. The Morgan fingerprint density at radius 2 is 2.12 bits per heavy atom. The zero-order valence-electron chi connectivity index (χ0n) is 9.35. The van der Waals surface area contributed by atoms with Crippen molar-refractivity contribution < 1.29 is 0 Å². The number of rotatable bonds is 4. The Kier molecular flexibility index (Phi) is 3.05. The van der Waals surface area contributed by atoms with Gasteiger partial charge < -0.3 is 5.32 Å². The normalized spacial score (nSPS) is 10.1. The number of aromatic nitrogens is 2. The molecule has 0 saturated carbocycles. The average Bonchev–Trinajstić information content (AvgIpc) is 2.69. The Balaban J connectivity index is 2.36. The highest BCUT2D eigenvalue weighted by atomic mass is 15.2. The van der Waals surface area contributed by atoms with Gasteiger partial charge in [-0.2, -0.15) is 0 Å². The van der Waals surface area contributed by atoms with Gasteiger partial charge in [-0.3, -0.25) is 4.57 Å². The van der Waals surface area contributed by atoms with E-state index in [2.05, 4.69) is 29.0 Å². The summed E-state index contributed by atoms with van der Waals surface area (Å²) in [6.45, 7) is 6.38. The van der Waals surface area contributed by atoms with Crippen LogP contribution in [0.15, 0.2) is 49.2 Å². The standard InChI is InChI=1S/C13H15N3/c1-3-9-14-13-15-11(2)10-16(13)12-7-5-4-6-8-12/h3-8,10H,1,9H2,2H3,(H,14,15). The fourth-order valence-electron chi connectivity index (χ4n) is 1.57. The molecule has 1 heterocycles. The second kappa shape index (κ2) is 4.66. The summed E-state index contributed by atoms with van der Waals surface area (Å²) in [5.41, 5.74) is 2.10. The second-order valence-corrected chi connectivity index (χ2v) is 3.58. The number of nitrogens with zero attached hydrogens (tertiary/aromatic N) is 2. The van der Waals surface area contributed by atoms with Crippen LogP contribution >= 0.6 is 0 Å². The van der Waals surface area contributed by atoms with E-state index in [0.717, 1.165) is 17.3 Å². The number of nitrogens with one attached hydrogen (secondary N) is 1. The molecule has 2 aromatic rings. The topological polar surface area (TPSA) is 29.9 Å². The summed E-state index contributed by atoms with van der Waals surface area (Å²) < 4.78 is 2.04. The smallest absolute Gasteiger partial charge is 0.207 e. The Labute approximate surface area is 95.4 Å². The van der Waals surface area contributed by atoms with Gasteiger partial charge in [-0.1, -0.05) is 24.3 Å². The van der Waals surface area contributed by atoms with E-state index in [1.165, 1.54) is 0 Å². The van der Waals surface area contributed by atoms with Crippen LogP contribution in [-0.2, 0) is 0 Å². The fourth-order valence-corrected chi connectivity index (χ4v) is 1.57. The molecule has 0 atom stereocenters. The van der Waals surface area contributed by atoms with E-state index >= 15 is 0 Å². The molecule has 1 aromatic heterocycles. The molecule has 0 spiro atoms. The van der Waals surface area contributed by atoms with E-state index in [4.69, 9.17) is 0 Å². The van der Waals surface area contributed by atoms with Crippen molar-refractivity contribution in [1.29, 1.82) is 0 Å². The Hall–Kier alpha value is -2.03. The first kappa shape index (κ1) is 10.5. The summed E-state index contributed by atoms with van der Waals surface area (Å²) in [6.07, 6.45) is 3.83. The summed E-state index contributed by atoms with van der Waals surface area (Å²) in [5.74, 6) is 0.851. The maximum Gasteiger partial charge on any atom is 0.207 e. The first-order valence-corrected chi connectivity index (χ1v) is 5.27. The van der Waals surface area contributed by atoms with Gasteiger partial charge in [0.2, 0.25) is 5.95 Å². The van der Waals surface area contributed by atoms with Crippen molar-refractivity contribution in [3.63, 3.8) is 0 Å². The van der Waals surface area contributed by atoms with Crippen molar-refractivity contribution in [2.24, 2.45) is 0 Å². The minimum atomic E-state index is 0.712. The molecule has 0 unspecified atom stereocenters. The molecule has 1 aromatic carbocycles. The molecule has 82 valence electrons. The summed E-state index contributed by atoms with van der Waals surface area (Å²) in [4.78, 5) is 4.43. The number of aryl methyl sites for hydroxylation is 1. The molecule has 3 nitrogen and oxygen atoms in total. The van der Waals surface area contributed by atoms with Crippen LogP contribution < -0.4 is 5.32 Å². The van der Waals surface area contributed by atoms with Crippen molar-refractivity contribution >= 4 is 5.95 Å². The molecule has 0 saturated heterocycles. The van der Waals surface area contributed by atoms with Gasteiger partial charge in [0.15, 0.2) is 0 Å². The molecule has 0 aliphatic rings. The highest BCUT2D eigenvalue weighted by Crippen LogP contribution is 2.15. The van der Waals surface area contributed by atoms with E-state index in [1.807, 2.05) is 42.0 Å². The van der Waals surface area contributed by atoms with E-state index in [1.54, 1.807) is 0 Å². The highest BCUT2D eigenvalue weighted by Gasteiger charge is 2.05. The van der Waals surface area contributed by atoms with Gasteiger partial charge in [0, 0.05) is 18.4 Å². The van der Waals surface area contributed by atoms with Crippen LogP contribution in [0.1, 0.15) is 5.69 Å². The molecule has 0 bridgehead atoms. The third kappa shape index (κ3) is 2.14. The molecule has 0 radical (unpaired) electrons. The van der Waals surface area contributed by atoms with Crippen LogP contribution in [0.3, 0.4) is 0 Å². The molecule has 3 heteroatoms. The number of anilines is 1. The number of hydrogen-bond donors (Lipinski definition) is 1. The third-order valence-corrected chi connectivity index (χ3v) is 2.27. The number of hydrogen-bond acceptors (Lipinski definition) is 2. The van der Waals surface area contributed by atoms with E-state index in [0.29, 0.717) is 6.54 Å². The number of benzene rings is 1. The third-order valence-electron chi connectivity index (χ3n) is 2.27. The van der Waals surface area contributed by atoms with Crippen LogP contribution in [0.2, 0.25) is 0 Å². The fraction of sp³-hybridized carbons (Fsp3) is 0.154. The Morgan fingerprint density at radius 1 is 1.38 bits per heavy atom. The van der Waals surface area contributed by atoms with Crippen LogP contribution in [0, 0.1) is 6.92 Å². The monoisotopic (exact) mass is 213 g/mol. The van der Waals surface area contributed by atoms with Crippen LogP contribution in [0.4, 0.5) is 5.95 Å². The van der Waals surface area contributed by atoms with Crippen molar-refractivity contribution in [3.8, 4) is 5.69 Å². The quantitative estimate of drug-likeness (QED) is 0.791. The van der Waals surface area contributed by atoms with Gasteiger partial charge in [-0.25, -0.2) is 4.98 Å². The molecule has 1 N–H and O–H groups in total. The van der Waals surface area contributed by atoms with Crippen molar-refractivity contribution in [3.05, 3.63) is 54.9 Å². The van der Waals surface area contributed by atoms with Gasteiger partial charge in [0.05, 0.1) is 5.69 Å². The molecule has 2 rings (SSSR count). The lowest BCUT2D eigenvalue weighted by Gasteiger charge is -2.07. The van der Waals surface area contributed by atoms with Gasteiger partial charge in [-0.05, 0) is 19.1 Å². The summed E-state index contributed by atoms with van der Waals surface area (Å²) in [7, 11) is 0. The second-order valence-electron chi connectivity index (χ2n) is 3.58. The lowest BCUT2D eigenvalue weighted by molar-refractivity contribution is 1.04. The lowest BCUT2D eigenvalue weighted by Crippen LogP contribution is -2.05. The summed E-state index contributed by atoms with van der Waals surface area (Å²) in [5, 5.41) is 3.22. The molecular weight excluding hydrogens is 198 g/mol. The number of imidazole rings is 1. The first-order chi connectivity index (χ1) is 7.81. The minimum absolute atomic E-state index is 0.712. The zero-order valence-corrected chi connectivity index (χ0v) is 9.35. The average molecular weight is 213 g/mol. The molecule has 0 amide bonds. The largest absolute Gasteiger partial charge is 0.352 e. The van der Waals surface area contributed by atoms with Crippen LogP contribution in [0.25, 0.3) is 5.69 Å². The van der Waals surface area contributed by atoms with Crippen molar-refractivity contribution in [1.82, 2.24) is 9.55 Å². The van der Waals surface area contributed by atoms with Crippen LogP contribution in [-0.4, -0.2) is 16.1 Å². The molecular formula is C13H15N3. The molecule has 0 aliphatic heterocycles.